The fraction of sp³-hybridized carbons (Fsp3) is 0.308. The van der Waals surface area contributed by atoms with Crippen LogP contribution in [0.5, 0.6) is 0 Å². The Morgan fingerprint density at radius 2 is 1.88 bits per heavy atom. The predicted molar refractivity (Wildman–Crippen MR) is 127 cm³/mol. The van der Waals surface area contributed by atoms with Crippen molar-refractivity contribution in [1.29, 1.82) is 0 Å². The highest BCUT2D eigenvalue weighted by Gasteiger charge is 2.29. The summed E-state index contributed by atoms with van der Waals surface area (Å²) in [5.74, 6) is -0.668. The molecule has 3 aromatic rings. The molecule has 7 heteroatoms. The standard InChI is InChI=1S/C26H28N4O3/c1-16-9-10-20(18(3)28-16)14-27-23(31)15-30-17(2)11-21-13-22(12-19-7-5-4-6-8-19)25(32)29-24(21)26(30)33/h4-11,22H,12-15H2,1-3H3,(H,27,31)(H,29,32). The largest absolute Gasteiger partial charge is 0.350 e. The van der Waals surface area contributed by atoms with Gasteiger partial charge < -0.3 is 15.2 Å². The highest BCUT2D eigenvalue weighted by atomic mass is 16.2. The topological polar surface area (TPSA) is 93.1 Å². The second kappa shape index (κ2) is 9.40. The number of anilines is 1. The van der Waals surface area contributed by atoms with Gasteiger partial charge in [-0.25, -0.2) is 0 Å². The SMILES string of the molecule is Cc1ccc(CNC(=O)Cn2c(C)cc3c(c2=O)NC(=O)C(Cc2ccccc2)C3)c(C)n1. The Bertz CT molecular complexity index is 1260. The third kappa shape index (κ3) is 5.03. The Balaban J connectivity index is 1.47. The molecule has 1 aliphatic rings. The van der Waals surface area contributed by atoms with Crippen molar-refractivity contribution >= 4 is 17.5 Å². The van der Waals surface area contributed by atoms with Crippen LogP contribution in [0.15, 0.2) is 53.3 Å². The van der Waals surface area contributed by atoms with Gasteiger partial charge in [-0.1, -0.05) is 36.4 Å². The van der Waals surface area contributed by atoms with Crippen molar-refractivity contribution in [3.8, 4) is 0 Å². The van der Waals surface area contributed by atoms with Crippen LogP contribution in [0, 0.1) is 26.7 Å². The van der Waals surface area contributed by atoms with Gasteiger partial charge in [-0.3, -0.25) is 19.4 Å². The van der Waals surface area contributed by atoms with Gasteiger partial charge >= 0.3 is 0 Å². The number of fused-ring (bicyclic) bond motifs is 1. The molecule has 2 aromatic heterocycles. The average molecular weight is 445 g/mol. The van der Waals surface area contributed by atoms with Gasteiger partial charge in [-0.15, -0.1) is 0 Å². The van der Waals surface area contributed by atoms with Crippen LogP contribution >= 0.6 is 0 Å². The van der Waals surface area contributed by atoms with Crippen molar-refractivity contribution in [3.63, 3.8) is 0 Å². The molecule has 0 spiro atoms. The van der Waals surface area contributed by atoms with Crippen LogP contribution in [0.4, 0.5) is 5.69 Å². The van der Waals surface area contributed by atoms with Crippen molar-refractivity contribution in [1.82, 2.24) is 14.9 Å². The van der Waals surface area contributed by atoms with E-state index in [-0.39, 0.29) is 35.5 Å². The molecular weight excluding hydrogens is 416 g/mol. The Morgan fingerprint density at radius 1 is 1.12 bits per heavy atom. The summed E-state index contributed by atoms with van der Waals surface area (Å²) in [6, 6.07) is 15.6. The molecule has 1 atom stereocenters. The van der Waals surface area contributed by atoms with Gasteiger partial charge in [0.2, 0.25) is 11.8 Å². The molecule has 1 aliphatic heterocycles. The van der Waals surface area contributed by atoms with E-state index < -0.39 is 0 Å². The molecule has 2 amide bonds. The van der Waals surface area contributed by atoms with E-state index in [2.05, 4.69) is 15.6 Å². The molecule has 1 aromatic carbocycles. The Kier molecular flexibility index (Phi) is 6.40. The fourth-order valence-corrected chi connectivity index (χ4v) is 4.27. The molecule has 0 aliphatic carbocycles. The van der Waals surface area contributed by atoms with Crippen molar-refractivity contribution in [3.05, 3.63) is 92.7 Å². The van der Waals surface area contributed by atoms with Gasteiger partial charge in [0, 0.05) is 29.5 Å². The summed E-state index contributed by atoms with van der Waals surface area (Å²) in [5.41, 5.74) is 5.24. The molecule has 7 nitrogen and oxygen atoms in total. The molecule has 1 unspecified atom stereocenters. The maximum absolute atomic E-state index is 13.1. The third-order valence-electron chi connectivity index (χ3n) is 6.11. The number of carbonyl (C=O) groups excluding carboxylic acids is 2. The lowest BCUT2D eigenvalue weighted by molar-refractivity contribution is -0.122. The number of carbonyl (C=O) groups is 2. The van der Waals surface area contributed by atoms with Crippen molar-refractivity contribution in [2.75, 3.05) is 5.32 Å². The van der Waals surface area contributed by atoms with Gasteiger partial charge in [0.1, 0.15) is 12.2 Å². The van der Waals surface area contributed by atoms with Gasteiger partial charge in [0.25, 0.3) is 5.56 Å². The van der Waals surface area contributed by atoms with Crippen LogP contribution in [-0.2, 0) is 35.5 Å². The lowest BCUT2D eigenvalue weighted by Gasteiger charge is -2.26. The number of rotatable bonds is 6. The van der Waals surface area contributed by atoms with Gasteiger partial charge in [0.05, 0.1) is 0 Å². The number of nitrogens with zero attached hydrogens (tertiary/aromatic N) is 2. The number of hydrogen-bond donors (Lipinski definition) is 2. The zero-order valence-corrected chi connectivity index (χ0v) is 19.1. The number of aryl methyl sites for hydroxylation is 3. The number of amides is 2. The minimum absolute atomic E-state index is 0.112. The molecule has 0 saturated carbocycles. The van der Waals surface area contributed by atoms with E-state index in [0.717, 1.165) is 28.1 Å². The second-order valence-electron chi connectivity index (χ2n) is 8.63. The minimum atomic E-state index is -0.347. The lowest BCUT2D eigenvalue weighted by atomic mass is 9.88. The summed E-state index contributed by atoms with van der Waals surface area (Å²) in [5, 5.41) is 5.66. The first-order valence-corrected chi connectivity index (χ1v) is 11.1. The highest BCUT2D eigenvalue weighted by molar-refractivity contribution is 5.95. The normalized spacial score (nSPS) is 15.0. The summed E-state index contributed by atoms with van der Waals surface area (Å²) >= 11 is 0. The van der Waals surface area contributed by atoms with E-state index in [1.54, 1.807) is 0 Å². The first-order chi connectivity index (χ1) is 15.8. The van der Waals surface area contributed by atoms with E-state index in [1.165, 1.54) is 4.57 Å². The Labute approximate surface area is 192 Å². The molecule has 0 bridgehead atoms. The van der Waals surface area contributed by atoms with Gasteiger partial charge in [-0.2, -0.15) is 0 Å². The number of aromatic nitrogens is 2. The molecule has 0 fully saturated rings. The highest BCUT2D eigenvalue weighted by Crippen LogP contribution is 2.26. The first-order valence-electron chi connectivity index (χ1n) is 11.1. The Morgan fingerprint density at radius 3 is 2.61 bits per heavy atom. The molecule has 0 radical (unpaired) electrons. The van der Waals surface area contributed by atoms with Crippen molar-refractivity contribution in [2.45, 2.75) is 46.7 Å². The third-order valence-corrected chi connectivity index (χ3v) is 6.11. The van der Waals surface area contributed by atoms with Crippen LogP contribution in [0.25, 0.3) is 0 Å². The van der Waals surface area contributed by atoms with E-state index in [9.17, 15) is 14.4 Å². The van der Waals surface area contributed by atoms with E-state index in [1.807, 2.05) is 69.3 Å². The Hall–Kier alpha value is -3.74. The van der Waals surface area contributed by atoms with Crippen LogP contribution < -0.4 is 16.2 Å². The summed E-state index contributed by atoms with van der Waals surface area (Å²) in [7, 11) is 0. The minimum Gasteiger partial charge on any atom is -0.350 e. The van der Waals surface area contributed by atoms with Gasteiger partial charge in [-0.05, 0) is 62.4 Å². The summed E-state index contributed by atoms with van der Waals surface area (Å²) in [4.78, 5) is 42.8. The van der Waals surface area contributed by atoms with Crippen molar-refractivity contribution < 1.29 is 9.59 Å². The molecule has 2 N–H and O–H groups in total. The summed E-state index contributed by atoms with van der Waals surface area (Å²) in [6.07, 6.45) is 1.11. The number of nitrogens with one attached hydrogen (secondary N) is 2. The zero-order chi connectivity index (χ0) is 23.5. The maximum Gasteiger partial charge on any atom is 0.275 e. The summed E-state index contributed by atoms with van der Waals surface area (Å²) in [6.45, 7) is 5.86. The van der Waals surface area contributed by atoms with Crippen LogP contribution in [0.3, 0.4) is 0 Å². The number of hydrogen-bond acceptors (Lipinski definition) is 4. The quantitative estimate of drug-likeness (QED) is 0.611. The maximum atomic E-state index is 13.1. The molecule has 33 heavy (non-hydrogen) atoms. The lowest BCUT2D eigenvalue weighted by Crippen LogP contribution is -2.39. The molecule has 4 rings (SSSR count). The predicted octanol–water partition coefficient (Wildman–Crippen LogP) is 2.84. The van der Waals surface area contributed by atoms with Crippen LogP contribution in [-0.4, -0.2) is 21.4 Å². The summed E-state index contributed by atoms with van der Waals surface area (Å²) < 4.78 is 1.41. The molecule has 0 saturated heterocycles. The van der Waals surface area contributed by atoms with E-state index >= 15 is 0 Å². The van der Waals surface area contributed by atoms with Crippen LogP contribution in [0.1, 0.15) is 33.8 Å². The fourth-order valence-electron chi connectivity index (χ4n) is 4.27. The molecular formula is C26H28N4O3. The van der Waals surface area contributed by atoms with Crippen molar-refractivity contribution in [2.24, 2.45) is 5.92 Å². The average Bonchev–Trinajstić information content (AvgIpc) is 2.78. The number of pyridine rings is 2. The molecule has 170 valence electrons. The van der Waals surface area contributed by atoms with E-state index in [4.69, 9.17) is 0 Å². The zero-order valence-electron chi connectivity index (χ0n) is 19.1. The van der Waals surface area contributed by atoms with E-state index in [0.29, 0.717) is 25.1 Å². The first kappa shape index (κ1) is 22.5. The second-order valence-corrected chi connectivity index (χ2v) is 8.63. The number of benzene rings is 1. The van der Waals surface area contributed by atoms with Crippen LogP contribution in [0.2, 0.25) is 0 Å². The smallest absolute Gasteiger partial charge is 0.275 e. The van der Waals surface area contributed by atoms with Gasteiger partial charge in [0.15, 0.2) is 0 Å². The monoisotopic (exact) mass is 444 g/mol. The molecule has 3 heterocycles.